The van der Waals surface area contributed by atoms with Gasteiger partial charge in [-0.1, -0.05) is 46.3 Å². The van der Waals surface area contributed by atoms with Gasteiger partial charge >= 0.3 is 5.63 Å². The molecule has 0 amide bonds. The molecule has 0 aliphatic carbocycles. The molecule has 5 aromatic rings. The molecule has 0 spiro atoms. The van der Waals surface area contributed by atoms with Gasteiger partial charge < -0.3 is 18.6 Å². The van der Waals surface area contributed by atoms with Gasteiger partial charge in [0.2, 0.25) is 0 Å². The minimum absolute atomic E-state index is 0.219. The Morgan fingerprint density at radius 1 is 1.06 bits per heavy atom. The summed E-state index contributed by atoms with van der Waals surface area (Å²) in [4.78, 5) is 17.4. The average Bonchev–Trinajstić information content (AvgIpc) is 3.37. The summed E-state index contributed by atoms with van der Waals surface area (Å²) in [6.07, 6.45) is 0. The van der Waals surface area contributed by atoms with Crippen molar-refractivity contribution >= 4 is 38.2 Å². The Morgan fingerprint density at radius 3 is 2.83 bits per heavy atom. The average molecular weight is 548 g/mol. The van der Waals surface area contributed by atoms with Crippen LogP contribution in [0.2, 0.25) is 0 Å². The van der Waals surface area contributed by atoms with E-state index in [9.17, 15) is 4.79 Å². The largest absolute Gasteiger partial charge is 0.489 e. The lowest BCUT2D eigenvalue weighted by molar-refractivity contribution is -0.0176. The van der Waals surface area contributed by atoms with E-state index in [2.05, 4.69) is 20.9 Å². The van der Waals surface area contributed by atoms with E-state index in [1.165, 1.54) is 11.3 Å². The molecule has 3 aromatic carbocycles. The number of hydrogen-bond acceptors (Lipinski definition) is 7. The van der Waals surface area contributed by atoms with Crippen LogP contribution >= 0.6 is 27.3 Å². The van der Waals surface area contributed by atoms with Gasteiger partial charge in [0.1, 0.15) is 28.7 Å². The van der Waals surface area contributed by atoms with E-state index in [0.717, 1.165) is 38.0 Å². The number of hydrogen-bond donors (Lipinski definition) is 0. The molecule has 0 fully saturated rings. The van der Waals surface area contributed by atoms with Gasteiger partial charge in [-0.3, -0.25) is 0 Å². The highest BCUT2D eigenvalue weighted by molar-refractivity contribution is 9.10. The third kappa shape index (κ3) is 4.48. The summed E-state index contributed by atoms with van der Waals surface area (Å²) >= 11 is 4.95. The Balaban J connectivity index is 1.26. The first-order chi connectivity index (χ1) is 17.1. The first-order valence-electron chi connectivity index (χ1n) is 10.9. The van der Waals surface area contributed by atoms with Gasteiger partial charge in [0.15, 0.2) is 6.79 Å². The molecule has 6 nitrogen and oxygen atoms in total. The zero-order valence-electron chi connectivity index (χ0n) is 18.3. The Bertz CT molecular complexity index is 1600. The quantitative estimate of drug-likeness (QED) is 0.225. The third-order valence-electron chi connectivity index (χ3n) is 5.66. The first kappa shape index (κ1) is 22.0. The monoisotopic (exact) mass is 547 g/mol. The Labute approximate surface area is 212 Å². The molecular formula is C27H18BrNO5S. The van der Waals surface area contributed by atoms with E-state index in [1.54, 1.807) is 6.07 Å². The molecule has 2 aromatic heterocycles. The maximum absolute atomic E-state index is 12.8. The highest BCUT2D eigenvalue weighted by atomic mass is 79.9. The number of nitrogens with zero attached hydrogens (tertiary/aromatic N) is 1. The van der Waals surface area contributed by atoms with E-state index in [-0.39, 0.29) is 6.79 Å². The Hall–Kier alpha value is -3.46. The van der Waals surface area contributed by atoms with E-state index < -0.39 is 5.63 Å². The zero-order chi connectivity index (χ0) is 23.8. The second kappa shape index (κ2) is 9.30. The number of ether oxygens (including phenoxy) is 3. The van der Waals surface area contributed by atoms with Crippen molar-refractivity contribution in [1.29, 1.82) is 0 Å². The van der Waals surface area contributed by atoms with Gasteiger partial charge in [0, 0.05) is 38.0 Å². The molecule has 0 saturated heterocycles. The molecule has 1 aliphatic heterocycles. The molecule has 6 rings (SSSR count). The molecule has 0 atom stereocenters. The van der Waals surface area contributed by atoms with Gasteiger partial charge in [-0.05, 0) is 30.3 Å². The molecule has 3 heterocycles. The van der Waals surface area contributed by atoms with Crippen molar-refractivity contribution in [3.63, 3.8) is 0 Å². The third-order valence-corrected chi connectivity index (χ3v) is 6.99. The summed E-state index contributed by atoms with van der Waals surface area (Å²) in [6.45, 7) is 1.02. The summed E-state index contributed by atoms with van der Waals surface area (Å²) in [5.74, 6) is 1.38. The van der Waals surface area contributed by atoms with Crippen LogP contribution in [0.1, 0.15) is 11.1 Å². The van der Waals surface area contributed by atoms with Crippen LogP contribution in [0.15, 0.2) is 85.8 Å². The smallest absolute Gasteiger partial charge is 0.346 e. The van der Waals surface area contributed by atoms with Crippen LogP contribution in [-0.4, -0.2) is 11.8 Å². The van der Waals surface area contributed by atoms with Gasteiger partial charge in [0.05, 0.1) is 17.9 Å². The molecule has 0 unspecified atom stereocenters. The molecule has 0 radical (unpaired) electrons. The lowest BCUT2D eigenvalue weighted by Crippen LogP contribution is -2.14. The Morgan fingerprint density at radius 2 is 1.94 bits per heavy atom. The predicted octanol–water partition coefficient (Wildman–Crippen LogP) is 6.79. The SMILES string of the molecule is O=c1oc2cc(OCc3cc(Br)cc4c3OCOC4)ccc2cc1-c1nc(-c2ccccc2)cs1. The summed E-state index contributed by atoms with van der Waals surface area (Å²) in [5, 5.41) is 3.37. The normalized spacial score (nSPS) is 12.8. The van der Waals surface area contributed by atoms with Crippen molar-refractivity contribution in [2.45, 2.75) is 13.2 Å². The first-order valence-corrected chi connectivity index (χ1v) is 12.6. The molecule has 174 valence electrons. The summed E-state index contributed by atoms with van der Waals surface area (Å²) in [5.41, 5.74) is 4.19. The fraction of sp³-hybridized carbons (Fsp3) is 0.111. The van der Waals surface area contributed by atoms with Crippen LogP contribution in [0, 0.1) is 0 Å². The van der Waals surface area contributed by atoms with Crippen molar-refractivity contribution in [3.05, 3.63) is 98.1 Å². The van der Waals surface area contributed by atoms with E-state index >= 15 is 0 Å². The van der Waals surface area contributed by atoms with Gasteiger partial charge in [-0.25, -0.2) is 9.78 Å². The van der Waals surface area contributed by atoms with Crippen molar-refractivity contribution in [2.24, 2.45) is 0 Å². The van der Waals surface area contributed by atoms with E-state index in [1.807, 2.05) is 66.0 Å². The predicted molar refractivity (Wildman–Crippen MR) is 138 cm³/mol. The van der Waals surface area contributed by atoms with Crippen LogP contribution in [0.4, 0.5) is 0 Å². The molecule has 35 heavy (non-hydrogen) atoms. The minimum Gasteiger partial charge on any atom is -0.489 e. The van der Waals surface area contributed by atoms with Crippen LogP contribution in [0.5, 0.6) is 11.5 Å². The molecule has 8 heteroatoms. The molecule has 0 bridgehead atoms. The van der Waals surface area contributed by atoms with Crippen molar-refractivity contribution in [1.82, 2.24) is 4.98 Å². The number of fused-ring (bicyclic) bond motifs is 2. The van der Waals surface area contributed by atoms with Crippen LogP contribution < -0.4 is 15.1 Å². The lowest BCUT2D eigenvalue weighted by Gasteiger charge is -2.21. The topological polar surface area (TPSA) is 70.8 Å². The van der Waals surface area contributed by atoms with Crippen molar-refractivity contribution < 1.29 is 18.6 Å². The second-order valence-electron chi connectivity index (χ2n) is 8.00. The van der Waals surface area contributed by atoms with Gasteiger partial charge in [0.25, 0.3) is 0 Å². The second-order valence-corrected chi connectivity index (χ2v) is 9.78. The maximum Gasteiger partial charge on any atom is 0.346 e. The molecular weight excluding hydrogens is 530 g/mol. The van der Waals surface area contributed by atoms with Gasteiger partial charge in [-0.15, -0.1) is 11.3 Å². The zero-order valence-corrected chi connectivity index (χ0v) is 20.7. The van der Waals surface area contributed by atoms with E-state index in [4.69, 9.17) is 18.6 Å². The number of rotatable bonds is 5. The molecule has 0 N–H and O–H groups in total. The fourth-order valence-electron chi connectivity index (χ4n) is 3.99. The summed E-state index contributed by atoms with van der Waals surface area (Å²) in [7, 11) is 0. The van der Waals surface area contributed by atoms with Crippen LogP contribution in [-0.2, 0) is 18.0 Å². The lowest BCUT2D eigenvalue weighted by atomic mass is 10.1. The van der Waals surface area contributed by atoms with Crippen LogP contribution in [0.25, 0.3) is 32.8 Å². The summed E-state index contributed by atoms with van der Waals surface area (Å²) < 4.78 is 23.6. The number of benzene rings is 3. The standard InChI is InChI=1S/C27H18BrNO5S/c28-20-8-18-12-31-15-33-25(18)19(9-20)13-32-21-7-6-17-10-22(27(30)34-24(17)11-21)26-29-23(14-35-26)16-4-2-1-3-5-16/h1-11,14H,12-13,15H2. The maximum atomic E-state index is 12.8. The van der Waals surface area contributed by atoms with Gasteiger partial charge in [-0.2, -0.15) is 0 Å². The summed E-state index contributed by atoms with van der Waals surface area (Å²) in [6, 6.07) is 21.1. The Kier molecular flexibility index (Phi) is 5.85. The number of halogens is 1. The van der Waals surface area contributed by atoms with Crippen molar-refractivity contribution in [2.75, 3.05) is 6.79 Å². The molecule has 0 saturated carbocycles. The number of thiazole rings is 1. The van der Waals surface area contributed by atoms with E-state index in [0.29, 0.717) is 35.1 Å². The van der Waals surface area contributed by atoms with Crippen molar-refractivity contribution in [3.8, 4) is 33.3 Å². The highest BCUT2D eigenvalue weighted by Gasteiger charge is 2.17. The van der Waals surface area contributed by atoms with Crippen LogP contribution in [0.3, 0.4) is 0 Å². The highest BCUT2D eigenvalue weighted by Crippen LogP contribution is 2.33. The molecule has 1 aliphatic rings. The number of aromatic nitrogens is 1. The minimum atomic E-state index is -0.432. The fourth-order valence-corrected chi connectivity index (χ4v) is 5.38.